The van der Waals surface area contributed by atoms with Gasteiger partial charge in [0.1, 0.15) is 21.2 Å². The van der Waals surface area contributed by atoms with Crippen molar-refractivity contribution in [3.05, 3.63) is 82.1 Å². The van der Waals surface area contributed by atoms with Crippen LogP contribution in [0, 0.1) is 6.92 Å². The fourth-order valence-electron chi connectivity index (χ4n) is 3.67. The van der Waals surface area contributed by atoms with E-state index in [2.05, 4.69) is 5.32 Å². The van der Waals surface area contributed by atoms with Crippen molar-refractivity contribution in [2.75, 3.05) is 18.6 Å². The molecule has 176 valence electrons. The number of hydrogen-bond donors (Lipinski definition) is 1. The Kier molecular flexibility index (Phi) is 7.23. The predicted octanol–water partition coefficient (Wildman–Crippen LogP) is 4.96. The highest BCUT2D eigenvalue weighted by Gasteiger charge is 2.41. The van der Waals surface area contributed by atoms with Crippen molar-refractivity contribution < 1.29 is 26.4 Å². The van der Waals surface area contributed by atoms with E-state index in [1.165, 1.54) is 19.1 Å². The van der Waals surface area contributed by atoms with Crippen LogP contribution < -0.4 is 5.32 Å². The molecule has 0 aliphatic heterocycles. The van der Waals surface area contributed by atoms with Crippen LogP contribution in [-0.4, -0.2) is 37.4 Å². The fourth-order valence-corrected chi connectivity index (χ4v) is 4.27. The number of halogens is 4. The third-order valence-corrected chi connectivity index (χ3v) is 6.26. The maximum Gasteiger partial charge on any atom is 0.431 e. The summed E-state index contributed by atoms with van der Waals surface area (Å²) in [6.45, 7) is 0.898. The van der Waals surface area contributed by atoms with Gasteiger partial charge in [0.15, 0.2) is 0 Å². The summed E-state index contributed by atoms with van der Waals surface area (Å²) in [5.41, 5.74) is -0.154. The minimum atomic E-state index is -4.73. The van der Waals surface area contributed by atoms with Crippen molar-refractivity contribution >= 4 is 27.3 Å². The average molecular weight is 499 g/mol. The van der Waals surface area contributed by atoms with Gasteiger partial charge >= 0.3 is 6.18 Å². The molecule has 5 nitrogen and oxygen atoms in total. The largest absolute Gasteiger partial charge is 0.431 e. The maximum atomic E-state index is 14.2. The standard InChI is InChI=1S/C23H22ClF3N2O3S/c1-15-19(17-8-10-18(24)11-9-17)20(22(30)28-12-13-33(2,31)32)29(21(15)23(25,26)27)14-16-6-4-3-5-7-16/h3-11H,12-14H2,1-2H3,(H,28,30). The summed E-state index contributed by atoms with van der Waals surface area (Å²) in [4.78, 5) is 13.2. The number of rotatable bonds is 7. The Morgan fingerprint density at radius 3 is 2.21 bits per heavy atom. The molecule has 1 N–H and O–H groups in total. The zero-order chi connectivity index (χ0) is 24.4. The summed E-state index contributed by atoms with van der Waals surface area (Å²) in [5, 5.41) is 2.86. The smallest absolute Gasteiger partial charge is 0.350 e. The van der Waals surface area contributed by atoms with Gasteiger partial charge in [-0.1, -0.05) is 54.1 Å². The molecule has 1 amide bonds. The van der Waals surface area contributed by atoms with Crippen molar-refractivity contribution in [1.29, 1.82) is 0 Å². The third kappa shape index (κ3) is 5.97. The van der Waals surface area contributed by atoms with Gasteiger partial charge in [0.25, 0.3) is 5.91 Å². The SMILES string of the molecule is Cc1c(-c2ccc(Cl)cc2)c(C(=O)NCCS(C)(=O)=O)n(Cc2ccccc2)c1C(F)(F)F. The molecule has 0 aliphatic rings. The van der Waals surface area contributed by atoms with Crippen LogP contribution >= 0.6 is 11.6 Å². The summed E-state index contributed by atoms with van der Waals surface area (Å²) in [6, 6.07) is 14.6. The van der Waals surface area contributed by atoms with E-state index in [1.807, 2.05) is 0 Å². The van der Waals surface area contributed by atoms with Crippen LogP contribution in [0.25, 0.3) is 11.1 Å². The maximum absolute atomic E-state index is 14.2. The summed E-state index contributed by atoms with van der Waals surface area (Å²) in [5.74, 6) is -1.13. The zero-order valence-electron chi connectivity index (χ0n) is 17.9. The lowest BCUT2D eigenvalue weighted by atomic mass is 10.0. The number of alkyl halides is 3. The van der Waals surface area contributed by atoms with Crippen molar-refractivity contribution in [3.63, 3.8) is 0 Å². The van der Waals surface area contributed by atoms with E-state index in [0.29, 0.717) is 16.1 Å². The number of benzene rings is 2. The minimum absolute atomic E-state index is 0.103. The molecule has 1 aromatic heterocycles. The van der Waals surface area contributed by atoms with Crippen LogP contribution in [0.1, 0.15) is 27.3 Å². The molecule has 0 spiro atoms. The summed E-state index contributed by atoms with van der Waals surface area (Å²) < 4.78 is 66.5. The Morgan fingerprint density at radius 2 is 1.67 bits per heavy atom. The first-order valence-electron chi connectivity index (χ1n) is 9.94. The molecular formula is C23H22ClF3N2O3S. The van der Waals surface area contributed by atoms with E-state index >= 15 is 0 Å². The highest BCUT2D eigenvalue weighted by Crippen LogP contribution is 2.41. The Balaban J connectivity index is 2.22. The van der Waals surface area contributed by atoms with E-state index in [9.17, 15) is 26.4 Å². The van der Waals surface area contributed by atoms with Crippen molar-refractivity contribution in [2.45, 2.75) is 19.6 Å². The Hall–Kier alpha value is -2.78. The lowest BCUT2D eigenvalue weighted by molar-refractivity contribution is -0.143. The first kappa shape index (κ1) is 24.9. The molecule has 0 saturated heterocycles. The first-order chi connectivity index (χ1) is 15.4. The van der Waals surface area contributed by atoms with E-state index in [1.54, 1.807) is 42.5 Å². The fraction of sp³-hybridized carbons (Fsp3) is 0.261. The van der Waals surface area contributed by atoms with Gasteiger partial charge in [0.05, 0.1) is 5.75 Å². The third-order valence-electron chi connectivity index (χ3n) is 5.07. The van der Waals surface area contributed by atoms with E-state index in [4.69, 9.17) is 11.6 Å². The van der Waals surface area contributed by atoms with Crippen molar-refractivity contribution in [2.24, 2.45) is 0 Å². The topological polar surface area (TPSA) is 68.2 Å². The number of nitrogens with zero attached hydrogens (tertiary/aromatic N) is 1. The van der Waals surface area contributed by atoms with Crippen LogP contribution in [0.2, 0.25) is 5.02 Å². The predicted molar refractivity (Wildman–Crippen MR) is 122 cm³/mol. The molecule has 33 heavy (non-hydrogen) atoms. The van der Waals surface area contributed by atoms with Gasteiger partial charge in [0, 0.05) is 29.9 Å². The molecule has 1 heterocycles. The second-order valence-corrected chi connectivity index (χ2v) is 10.4. The molecule has 0 fully saturated rings. The minimum Gasteiger partial charge on any atom is -0.350 e. The number of carbonyl (C=O) groups is 1. The summed E-state index contributed by atoms with van der Waals surface area (Å²) in [6.07, 6.45) is -3.71. The van der Waals surface area contributed by atoms with Crippen LogP contribution in [0.5, 0.6) is 0 Å². The van der Waals surface area contributed by atoms with Crippen molar-refractivity contribution in [3.8, 4) is 11.1 Å². The quantitative estimate of drug-likeness (QED) is 0.500. The molecule has 0 bridgehead atoms. The number of sulfone groups is 1. The molecule has 0 saturated carbocycles. The Morgan fingerprint density at radius 1 is 1.06 bits per heavy atom. The Bertz CT molecular complexity index is 1250. The lowest BCUT2D eigenvalue weighted by Gasteiger charge is -2.16. The molecule has 10 heteroatoms. The summed E-state index contributed by atoms with van der Waals surface area (Å²) in [7, 11) is -3.37. The van der Waals surface area contributed by atoms with E-state index in [0.717, 1.165) is 10.8 Å². The summed E-state index contributed by atoms with van der Waals surface area (Å²) >= 11 is 5.95. The monoisotopic (exact) mass is 498 g/mol. The van der Waals surface area contributed by atoms with Crippen LogP contribution in [0.15, 0.2) is 54.6 Å². The van der Waals surface area contributed by atoms with Crippen LogP contribution in [-0.2, 0) is 22.6 Å². The number of aromatic nitrogens is 1. The van der Waals surface area contributed by atoms with Gasteiger partial charge in [-0.3, -0.25) is 4.79 Å². The molecule has 0 aliphatic carbocycles. The number of hydrogen-bond acceptors (Lipinski definition) is 3. The highest BCUT2D eigenvalue weighted by molar-refractivity contribution is 7.90. The van der Waals surface area contributed by atoms with Gasteiger partial charge in [-0.2, -0.15) is 13.2 Å². The zero-order valence-corrected chi connectivity index (χ0v) is 19.5. The molecule has 3 rings (SSSR count). The van der Waals surface area contributed by atoms with Crippen molar-refractivity contribution in [1.82, 2.24) is 9.88 Å². The van der Waals surface area contributed by atoms with Gasteiger partial charge in [0.2, 0.25) is 0 Å². The van der Waals surface area contributed by atoms with Gasteiger partial charge in [-0.25, -0.2) is 8.42 Å². The van der Waals surface area contributed by atoms with E-state index in [-0.39, 0.29) is 35.7 Å². The van der Waals surface area contributed by atoms with Crippen LogP contribution in [0.3, 0.4) is 0 Å². The number of nitrogens with one attached hydrogen (secondary N) is 1. The molecular weight excluding hydrogens is 477 g/mol. The molecule has 2 aromatic carbocycles. The molecule has 0 unspecified atom stereocenters. The van der Waals surface area contributed by atoms with Gasteiger partial charge in [-0.15, -0.1) is 0 Å². The first-order valence-corrected chi connectivity index (χ1v) is 12.4. The second-order valence-electron chi connectivity index (χ2n) is 7.66. The molecule has 0 atom stereocenters. The second kappa shape index (κ2) is 9.61. The van der Waals surface area contributed by atoms with Crippen LogP contribution in [0.4, 0.5) is 13.2 Å². The van der Waals surface area contributed by atoms with Gasteiger partial charge < -0.3 is 9.88 Å². The average Bonchev–Trinajstić information content (AvgIpc) is 3.00. The molecule has 0 radical (unpaired) electrons. The van der Waals surface area contributed by atoms with Gasteiger partial charge in [-0.05, 0) is 35.7 Å². The lowest BCUT2D eigenvalue weighted by Crippen LogP contribution is -2.31. The highest BCUT2D eigenvalue weighted by atomic mass is 35.5. The van der Waals surface area contributed by atoms with E-state index < -0.39 is 27.6 Å². The molecule has 3 aromatic rings. The number of amides is 1. The Labute approximate surface area is 195 Å². The normalized spacial score (nSPS) is 12.1. The number of carbonyl (C=O) groups excluding carboxylic acids is 1.